The fraction of sp³-hybridized carbons (Fsp3) is 0.615. The summed E-state index contributed by atoms with van der Waals surface area (Å²) in [4.78, 5) is 13.4. The molecule has 0 aliphatic carbocycles. The zero-order valence-electron chi connectivity index (χ0n) is 10.5. The maximum atomic E-state index is 12.3. The molecule has 0 aromatic carbocycles. The second kappa shape index (κ2) is 5.19. The van der Waals surface area contributed by atoms with Crippen molar-refractivity contribution < 1.29 is 4.79 Å². The fourth-order valence-corrected chi connectivity index (χ4v) is 2.94. The van der Waals surface area contributed by atoms with Crippen molar-refractivity contribution in [1.82, 2.24) is 10.6 Å². The van der Waals surface area contributed by atoms with Gasteiger partial charge in [0, 0.05) is 17.5 Å². The molecule has 0 spiro atoms. The van der Waals surface area contributed by atoms with Crippen molar-refractivity contribution in [2.75, 3.05) is 13.1 Å². The summed E-state index contributed by atoms with van der Waals surface area (Å²) in [5.41, 5.74) is -0.425. The minimum atomic E-state index is -0.425. The molecular formula is C13H20N2OS. The van der Waals surface area contributed by atoms with E-state index < -0.39 is 5.41 Å². The Morgan fingerprint density at radius 2 is 2.41 bits per heavy atom. The lowest BCUT2D eigenvalue weighted by atomic mass is 9.89. The molecule has 2 N–H and O–H groups in total. The number of hydrogen-bond acceptors (Lipinski definition) is 3. The van der Waals surface area contributed by atoms with Gasteiger partial charge in [0.1, 0.15) is 0 Å². The van der Waals surface area contributed by atoms with Crippen LogP contribution in [-0.4, -0.2) is 25.0 Å². The van der Waals surface area contributed by atoms with Crippen molar-refractivity contribution in [3.8, 4) is 0 Å². The fourth-order valence-electron chi connectivity index (χ4n) is 2.09. The van der Waals surface area contributed by atoms with Crippen LogP contribution in [0, 0.1) is 0 Å². The number of nitrogens with one attached hydrogen (secondary N) is 2. The number of carbonyl (C=O) groups is 1. The molecule has 0 saturated carbocycles. The van der Waals surface area contributed by atoms with Crippen LogP contribution in [0.5, 0.6) is 0 Å². The molecule has 4 heteroatoms. The Kier molecular flexibility index (Phi) is 3.84. The van der Waals surface area contributed by atoms with Crippen molar-refractivity contribution in [3.63, 3.8) is 0 Å². The summed E-state index contributed by atoms with van der Waals surface area (Å²) < 4.78 is 0. The maximum absolute atomic E-state index is 12.3. The number of hydrogen-bond donors (Lipinski definition) is 2. The van der Waals surface area contributed by atoms with Crippen LogP contribution < -0.4 is 10.6 Å². The summed E-state index contributed by atoms with van der Waals surface area (Å²) in [5, 5.41) is 8.49. The normalized spacial score (nSPS) is 21.2. The van der Waals surface area contributed by atoms with Crippen LogP contribution in [0.15, 0.2) is 17.5 Å². The van der Waals surface area contributed by atoms with Gasteiger partial charge in [-0.05, 0) is 44.7 Å². The average molecular weight is 252 g/mol. The van der Waals surface area contributed by atoms with Crippen LogP contribution in [0.3, 0.4) is 0 Å². The van der Waals surface area contributed by atoms with Gasteiger partial charge in [0.2, 0.25) is 5.91 Å². The lowest BCUT2D eigenvalue weighted by molar-refractivity contribution is -0.126. The highest BCUT2D eigenvalue weighted by Crippen LogP contribution is 2.27. The maximum Gasteiger partial charge on any atom is 0.231 e. The summed E-state index contributed by atoms with van der Waals surface area (Å²) in [6.45, 7) is 5.95. The quantitative estimate of drug-likeness (QED) is 0.862. The van der Waals surface area contributed by atoms with Gasteiger partial charge >= 0.3 is 0 Å². The molecule has 1 aromatic rings. The average Bonchev–Trinajstić information content (AvgIpc) is 2.84. The van der Waals surface area contributed by atoms with Gasteiger partial charge < -0.3 is 10.6 Å². The molecule has 1 amide bonds. The van der Waals surface area contributed by atoms with Crippen LogP contribution in [-0.2, 0) is 10.2 Å². The monoisotopic (exact) mass is 252 g/mol. The lowest BCUT2D eigenvalue weighted by Gasteiger charge is -2.29. The highest BCUT2D eigenvalue weighted by atomic mass is 32.1. The van der Waals surface area contributed by atoms with E-state index in [9.17, 15) is 4.79 Å². The van der Waals surface area contributed by atoms with Crippen LogP contribution in [0.2, 0.25) is 0 Å². The summed E-state index contributed by atoms with van der Waals surface area (Å²) >= 11 is 1.64. The van der Waals surface area contributed by atoms with Gasteiger partial charge in [0.05, 0.1) is 5.41 Å². The third kappa shape index (κ3) is 2.87. The van der Waals surface area contributed by atoms with Gasteiger partial charge in [-0.1, -0.05) is 6.07 Å². The summed E-state index contributed by atoms with van der Waals surface area (Å²) in [5.74, 6) is 0.133. The molecule has 17 heavy (non-hydrogen) atoms. The molecule has 2 rings (SSSR count). The summed E-state index contributed by atoms with van der Waals surface area (Å²) in [7, 11) is 0. The molecule has 1 fully saturated rings. The molecular weight excluding hydrogens is 232 g/mol. The van der Waals surface area contributed by atoms with Gasteiger partial charge in [-0.25, -0.2) is 0 Å². The standard InChI is InChI=1S/C13H20N2OS/c1-13(2,11-6-4-8-17-11)12(16)15-10-5-3-7-14-9-10/h4,6,8,10,14H,3,5,7,9H2,1-2H3,(H,15,16). The molecule has 0 radical (unpaired) electrons. The van der Waals surface area contributed by atoms with Crippen LogP contribution in [0.25, 0.3) is 0 Å². The third-order valence-electron chi connectivity index (χ3n) is 3.34. The highest BCUT2D eigenvalue weighted by Gasteiger charge is 2.32. The van der Waals surface area contributed by atoms with E-state index in [2.05, 4.69) is 10.6 Å². The van der Waals surface area contributed by atoms with E-state index in [1.54, 1.807) is 11.3 Å². The van der Waals surface area contributed by atoms with E-state index in [-0.39, 0.29) is 11.9 Å². The molecule has 1 aromatic heterocycles. The van der Waals surface area contributed by atoms with Crippen molar-refractivity contribution in [2.45, 2.75) is 38.1 Å². The molecule has 1 aliphatic heterocycles. The molecule has 1 atom stereocenters. The highest BCUT2D eigenvalue weighted by molar-refractivity contribution is 7.10. The van der Waals surface area contributed by atoms with Gasteiger partial charge in [-0.15, -0.1) is 11.3 Å². The Hall–Kier alpha value is -0.870. The number of carbonyl (C=O) groups excluding carboxylic acids is 1. The third-order valence-corrected chi connectivity index (χ3v) is 4.53. The number of piperidine rings is 1. The van der Waals surface area contributed by atoms with E-state index in [4.69, 9.17) is 0 Å². The first-order valence-corrected chi connectivity index (χ1v) is 7.04. The predicted octanol–water partition coefficient (Wildman–Crippen LogP) is 1.89. The van der Waals surface area contributed by atoms with Crippen molar-refractivity contribution in [1.29, 1.82) is 0 Å². The molecule has 1 unspecified atom stereocenters. The Bertz CT molecular complexity index is 367. The van der Waals surface area contributed by atoms with Gasteiger partial charge in [-0.2, -0.15) is 0 Å². The van der Waals surface area contributed by atoms with E-state index in [1.165, 1.54) is 0 Å². The smallest absolute Gasteiger partial charge is 0.231 e. The predicted molar refractivity (Wildman–Crippen MR) is 71.4 cm³/mol. The largest absolute Gasteiger partial charge is 0.351 e. The molecule has 2 heterocycles. The van der Waals surface area contributed by atoms with E-state index in [1.807, 2.05) is 31.4 Å². The van der Waals surface area contributed by atoms with Crippen LogP contribution in [0.4, 0.5) is 0 Å². The van der Waals surface area contributed by atoms with Crippen LogP contribution >= 0.6 is 11.3 Å². The zero-order chi connectivity index (χ0) is 12.3. The number of amides is 1. The minimum Gasteiger partial charge on any atom is -0.351 e. The SMILES string of the molecule is CC(C)(C(=O)NC1CCCNC1)c1cccs1. The van der Waals surface area contributed by atoms with Gasteiger partial charge in [-0.3, -0.25) is 4.79 Å². The van der Waals surface area contributed by atoms with E-state index >= 15 is 0 Å². The molecule has 1 aliphatic rings. The van der Waals surface area contributed by atoms with Crippen LogP contribution in [0.1, 0.15) is 31.6 Å². The Morgan fingerprint density at radius 1 is 1.59 bits per heavy atom. The molecule has 94 valence electrons. The molecule has 3 nitrogen and oxygen atoms in total. The van der Waals surface area contributed by atoms with Crippen molar-refractivity contribution in [2.24, 2.45) is 0 Å². The van der Waals surface area contributed by atoms with E-state index in [0.29, 0.717) is 0 Å². The van der Waals surface area contributed by atoms with Crippen molar-refractivity contribution in [3.05, 3.63) is 22.4 Å². The second-order valence-corrected chi connectivity index (χ2v) is 6.07. The first-order chi connectivity index (χ1) is 8.10. The summed E-state index contributed by atoms with van der Waals surface area (Å²) in [6.07, 6.45) is 2.23. The van der Waals surface area contributed by atoms with Gasteiger partial charge in [0.15, 0.2) is 0 Å². The summed E-state index contributed by atoms with van der Waals surface area (Å²) in [6, 6.07) is 4.32. The second-order valence-electron chi connectivity index (χ2n) is 5.12. The molecule has 1 saturated heterocycles. The first-order valence-electron chi connectivity index (χ1n) is 6.16. The van der Waals surface area contributed by atoms with E-state index in [0.717, 1.165) is 30.8 Å². The number of rotatable bonds is 3. The Labute approximate surface area is 107 Å². The Morgan fingerprint density at radius 3 is 3.00 bits per heavy atom. The minimum absolute atomic E-state index is 0.133. The lowest BCUT2D eigenvalue weighted by Crippen LogP contribution is -2.50. The van der Waals surface area contributed by atoms with Gasteiger partial charge in [0.25, 0.3) is 0 Å². The zero-order valence-corrected chi connectivity index (χ0v) is 11.3. The first kappa shape index (κ1) is 12.6. The molecule has 0 bridgehead atoms. The topological polar surface area (TPSA) is 41.1 Å². The Balaban J connectivity index is 1.99. The number of thiophene rings is 1. The van der Waals surface area contributed by atoms with Crippen molar-refractivity contribution >= 4 is 17.2 Å².